The molecule has 0 aliphatic carbocycles. The highest BCUT2D eigenvalue weighted by Crippen LogP contribution is 2.21. The number of benzene rings is 1. The molecule has 142 valence electrons. The van der Waals surface area contributed by atoms with Crippen LogP contribution in [0.25, 0.3) is 0 Å². The largest absolute Gasteiger partial charge is 0.271 e. The monoisotopic (exact) mass is 386 g/mol. The van der Waals surface area contributed by atoms with Gasteiger partial charge in [0.25, 0.3) is 5.91 Å². The minimum atomic E-state index is -3.58. The van der Waals surface area contributed by atoms with Gasteiger partial charge in [0.05, 0.1) is 16.3 Å². The molecule has 0 atom stereocenters. The van der Waals surface area contributed by atoms with Crippen LogP contribution in [-0.4, -0.2) is 42.4 Å². The molecule has 8 heteroatoms. The van der Waals surface area contributed by atoms with Crippen molar-refractivity contribution in [1.82, 2.24) is 14.7 Å². The van der Waals surface area contributed by atoms with Gasteiger partial charge >= 0.3 is 0 Å². The number of aromatic nitrogens is 1. The third kappa shape index (κ3) is 4.58. The van der Waals surface area contributed by atoms with Crippen molar-refractivity contribution in [1.29, 1.82) is 0 Å². The Morgan fingerprint density at radius 2 is 1.89 bits per heavy atom. The Bertz CT molecular complexity index is 936. The third-order valence-electron chi connectivity index (χ3n) is 4.41. The fourth-order valence-electron chi connectivity index (χ4n) is 2.89. The third-order valence-corrected chi connectivity index (χ3v) is 6.30. The van der Waals surface area contributed by atoms with Crippen LogP contribution in [0.5, 0.6) is 0 Å². The Labute approximate surface area is 159 Å². The number of nitrogens with zero attached hydrogens (tertiary/aromatic N) is 3. The molecular weight excluding hydrogens is 364 g/mol. The van der Waals surface area contributed by atoms with E-state index in [1.165, 1.54) is 16.4 Å². The van der Waals surface area contributed by atoms with Crippen molar-refractivity contribution < 1.29 is 13.2 Å². The highest BCUT2D eigenvalue weighted by molar-refractivity contribution is 7.89. The molecule has 27 heavy (non-hydrogen) atoms. The van der Waals surface area contributed by atoms with Crippen molar-refractivity contribution in [3.63, 3.8) is 0 Å². The Kier molecular flexibility index (Phi) is 5.98. The van der Waals surface area contributed by atoms with Gasteiger partial charge in [-0.2, -0.15) is 9.41 Å². The maximum Gasteiger partial charge on any atom is 0.271 e. The lowest BCUT2D eigenvalue weighted by atomic mass is 10.2. The lowest BCUT2D eigenvalue weighted by molar-refractivity contribution is 0.0954. The number of pyridine rings is 1. The summed E-state index contributed by atoms with van der Waals surface area (Å²) >= 11 is 0. The highest BCUT2D eigenvalue weighted by Gasteiger charge is 2.26. The summed E-state index contributed by atoms with van der Waals surface area (Å²) in [7, 11) is -3.58. The molecular formula is C19H22N4O3S. The van der Waals surface area contributed by atoms with E-state index in [1.54, 1.807) is 37.4 Å². The molecule has 2 aromatic rings. The maximum atomic E-state index is 12.8. The normalized spacial score (nSPS) is 16.1. The predicted octanol–water partition coefficient (Wildman–Crippen LogP) is 2.41. The van der Waals surface area contributed by atoms with Gasteiger partial charge in [-0.15, -0.1) is 0 Å². The first kappa shape index (κ1) is 19.2. The number of amides is 1. The van der Waals surface area contributed by atoms with Gasteiger partial charge in [-0.3, -0.25) is 9.78 Å². The average Bonchev–Trinajstić information content (AvgIpc) is 2.73. The van der Waals surface area contributed by atoms with E-state index < -0.39 is 15.9 Å². The van der Waals surface area contributed by atoms with Crippen molar-refractivity contribution in [2.45, 2.75) is 31.1 Å². The minimum Gasteiger partial charge on any atom is -0.267 e. The van der Waals surface area contributed by atoms with Crippen LogP contribution in [0.4, 0.5) is 0 Å². The van der Waals surface area contributed by atoms with Crippen molar-refractivity contribution in [3.8, 4) is 0 Å². The topological polar surface area (TPSA) is 91.7 Å². The van der Waals surface area contributed by atoms with E-state index in [2.05, 4.69) is 15.5 Å². The quantitative estimate of drug-likeness (QED) is 0.631. The zero-order valence-corrected chi connectivity index (χ0v) is 15.9. The van der Waals surface area contributed by atoms with E-state index in [4.69, 9.17) is 0 Å². The molecule has 0 saturated carbocycles. The van der Waals surface area contributed by atoms with Crippen LogP contribution in [0, 0.1) is 0 Å². The summed E-state index contributed by atoms with van der Waals surface area (Å²) in [6.07, 6.45) is 4.41. The lowest BCUT2D eigenvalue weighted by Crippen LogP contribution is -2.35. The smallest absolute Gasteiger partial charge is 0.267 e. The van der Waals surface area contributed by atoms with Gasteiger partial charge in [-0.05, 0) is 50.1 Å². The second-order valence-corrected chi connectivity index (χ2v) is 8.28. The number of carbonyl (C=O) groups excluding carboxylic acids is 1. The summed E-state index contributed by atoms with van der Waals surface area (Å²) in [6, 6.07) is 11.5. The molecule has 1 aliphatic heterocycles. The second kappa shape index (κ2) is 8.41. The van der Waals surface area contributed by atoms with E-state index in [0.717, 1.165) is 19.3 Å². The van der Waals surface area contributed by atoms with Crippen LogP contribution in [-0.2, 0) is 10.0 Å². The Balaban J connectivity index is 1.76. The number of piperidine rings is 1. The van der Waals surface area contributed by atoms with Crippen LogP contribution < -0.4 is 5.43 Å². The van der Waals surface area contributed by atoms with Gasteiger partial charge in [0, 0.05) is 24.8 Å². The van der Waals surface area contributed by atoms with Crippen LogP contribution >= 0.6 is 0 Å². The zero-order valence-electron chi connectivity index (χ0n) is 15.1. The first-order valence-electron chi connectivity index (χ1n) is 8.85. The van der Waals surface area contributed by atoms with Crippen LogP contribution in [0.1, 0.15) is 42.2 Å². The molecule has 1 amide bonds. The summed E-state index contributed by atoms with van der Waals surface area (Å²) < 4.78 is 27.0. The molecule has 3 rings (SSSR count). The summed E-state index contributed by atoms with van der Waals surface area (Å²) in [6.45, 7) is 2.78. The van der Waals surface area contributed by atoms with Gasteiger partial charge in [0.15, 0.2) is 0 Å². The number of carbonyl (C=O) groups is 1. The molecule has 1 saturated heterocycles. The maximum absolute atomic E-state index is 12.8. The molecule has 2 heterocycles. The van der Waals surface area contributed by atoms with Crippen LogP contribution in [0.2, 0.25) is 0 Å². The van der Waals surface area contributed by atoms with Crippen molar-refractivity contribution in [3.05, 3.63) is 59.9 Å². The van der Waals surface area contributed by atoms with E-state index in [0.29, 0.717) is 24.5 Å². The number of hydrogen-bond acceptors (Lipinski definition) is 5. The molecule has 1 N–H and O–H groups in total. The summed E-state index contributed by atoms with van der Waals surface area (Å²) in [5.74, 6) is -0.471. The fourth-order valence-corrected chi connectivity index (χ4v) is 4.45. The first-order valence-corrected chi connectivity index (χ1v) is 10.3. The Hall–Kier alpha value is -2.58. The van der Waals surface area contributed by atoms with Gasteiger partial charge in [-0.25, -0.2) is 13.8 Å². The van der Waals surface area contributed by atoms with E-state index in [9.17, 15) is 13.2 Å². The van der Waals surface area contributed by atoms with Gasteiger partial charge < -0.3 is 0 Å². The predicted molar refractivity (Wildman–Crippen MR) is 103 cm³/mol. The molecule has 1 aromatic carbocycles. The highest BCUT2D eigenvalue weighted by atomic mass is 32.2. The molecule has 7 nitrogen and oxygen atoms in total. The van der Waals surface area contributed by atoms with Gasteiger partial charge in [0.2, 0.25) is 10.0 Å². The number of hydrazone groups is 1. The minimum absolute atomic E-state index is 0.127. The molecule has 0 unspecified atom stereocenters. The molecule has 1 aliphatic rings. The van der Waals surface area contributed by atoms with Crippen molar-refractivity contribution in [2.24, 2.45) is 5.10 Å². The van der Waals surface area contributed by atoms with Crippen molar-refractivity contribution in [2.75, 3.05) is 13.1 Å². The summed E-state index contributed by atoms with van der Waals surface area (Å²) in [4.78, 5) is 16.7. The van der Waals surface area contributed by atoms with Crippen LogP contribution in [0.3, 0.4) is 0 Å². The van der Waals surface area contributed by atoms with E-state index in [-0.39, 0.29) is 10.5 Å². The fraction of sp³-hybridized carbons (Fsp3) is 0.316. The van der Waals surface area contributed by atoms with Crippen LogP contribution in [0.15, 0.2) is 58.7 Å². The zero-order chi connectivity index (χ0) is 19.3. The van der Waals surface area contributed by atoms with Crippen molar-refractivity contribution >= 4 is 21.6 Å². The number of rotatable bonds is 5. The molecule has 0 radical (unpaired) electrons. The molecule has 1 aromatic heterocycles. The van der Waals surface area contributed by atoms with E-state index in [1.807, 2.05) is 6.07 Å². The molecule has 0 bridgehead atoms. The lowest BCUT2D eigenvalue weighted by Gasteiger charge is -2.25. The van der Waals surface area contributed by atoms with Gasteiger partial charge in [-0.1, -0.05) is 18.6 Å². The standard InChI is InChI=1S/C19H22N4O3S/c1-15(18-10-3-4-11-20-18)21-22-19(24)16-8-7-9-17(14-16)27(25,26)23-12-5-2-6-13-23/h3-4,7-11,14H,2,5-6,12-13H2,1H3,(H,22,24)/b21-15+. The number of nitrogens with one attached hydrogen (secondary N) is 1. The van der Waals surface area contributed by atoms with Gasteiger partial charge in [0.1, 0.15) is 0 Å². The SMILES string of the molecule is C/C(=N\NC(=O)c1cccc(S(=O)(=O)N2CCCCC2)c1)c1ccccn1. The second-order valence-electron chi connectivity index (χ2n) is 6.35. The number of sulfonamides is 1. The molecule has 0 spiro atoms. The average molecular weight is 386 g/mol. The van der Waals surface area contributed by atoms with E-state index >= 15 is 0 Å². The Morgan fingerprint density at radius 3 is 2.59 bits per heavy atom. The summed E-state index contributed by atoms with van der Waals surface area (Å²) in [5, 5.41) is 4.05. The molecule has 1 fully saturated rings. The first-order chi connectivity index (χ1) is 13.0. The number of hydrogen-bond donors (Lipinski definition) is 1. The Morgan fingerprint density at radius 1 is 1.11 bits per heavy atom. The summed E-state index contributed by atoms with van der Waals surface area (Å²) in [5.41, 5.74) is 3.91.